The molecule has 0 spiro atoms. The average molecular weight is 238 g/mol. The molecule has 5 heteroatoms. The van der Waals surface area contributed by atoms with E-state index in [4.69, 9.17) is 5.11 Å². The highest BCUT2D eigenvalue weighted by molar-refractivity contribution is 7.13. The molecule has 1 aromatic carbocycles. The van der Waals surface area contributed by atoms with E-state index in [1.165, 1.54) is 0 Å². The summed E-state index contributed by atoms with van der Waals surface area (Å²) in [6, 6.07) is 5.36. The van der Waals surface area contributed by atoms with Gasteiger partial charge in [0, 0.05) is 23.1 Å². The smallest absolute Gasteiger partial charge is 0.125 e. The Morgan fingerprint density at radius 3 is 2.94 bits per heavy atom. The summed E-state index contributed by atoms with van der Waals surface area (Å²) >= 11 is 0. The number of aromatic hydroxyl groups is 1. The average Bonchev–Trinajstić information content (AvgIpc) is 2.70. The van der Waals surface area contributed by atoms with Crippen LogP contribution in [-0.4, -0.2) is 27.8 Å². The Balaban J connectivity index is 2.37. The van der Waals surface area contributed by atoms with Gasteiger partial charge in [0.2, 0.25) is 0 Å². The summed E-state index contributed by atoms with van der Waals surface area (Å²) in [6.07, 6.45) is 2.53. The Bertz CT molecular complexity index is 480. The van der Waals surface area contributed by atoms with Crippen LogP contribution in [0.3, 0.4) is 0 Å². The molecule has 1 heterocycles. The van der Waals surface area contributed by atoms with Crippen molar-refractivity contribution in [1.82, 2.24) is 10.1 Å². The van der Waals surface area contributed by atoms with Gasteiger partial charge in [-0.25, -0.2) is 0 Å². The minimum atomic E-state index is -0.0244. The standard InChI is InChI=1S/C11H15N2O2P/c14-6-8(13-16)4-7-5-12-9-2-1-3-10(15)11(7)9/h1-3,5,8,12-15H,4,6,16H2. The molecular weight excluding hydrogens is 223 g/mol. The Morgan fingerprint density at radius 1 is 1.44 bits per heavy atom. The van der Waals surface area contributed by atoms with E-state index in [9.17, 15) is 5.11 Å². The number of phenolic OH excluding ortho intramolecular Hbond substituents is 1. The Labute approximate surface area is 95.9 Å². The fraction of sp³-hybridized carbons (Fsp3) is 0.273. The van der Waals surface area contributed by atoms with Crippen molar-refractivity contribution in [2.24, 2.45) is 0 Å². The quantitative estimate of drug-likeness (QED) is 0.604. The minimum absolute atomic E-state index is 0.0244. The van der Waals surface area contributed by atoms with Crippen molar-refractivity contribution in [1.29, 1.82) is 0 Å². The van der Waals surface area contributed by atoms with Crippen molar-refractivity contribution in [3.63, 3.8) is 0 Å². The zero-order valence-electron chi connectivity index (χ0n) is 8.77. The van der Waals surface area contributed by atoms with Gasteiger partial charge in [0.1, 0.15) is 5.75 Å². The molecule has 2 atom stereocenters. The van der Waals surface area contributed by atoms with Gasteiger partial charge in [0.25, 0.3) is 0 Å². The van der Waals surface area contributed by atoms with Crippen LogP contribution in [0.2, 0.25) is 0 Å². The zero-order valence-corrected chi connectivity index (χ0v) is 9.93. The molecule has 2 aromatic rings. The monoisotopic (exact) mass is 238 g/mol. The van der Waals surface area contributed by atoms with Crippen LogP contribution in [0.25, 0.3) is 10.9 Å². The number of H-pyrrole nitrogens is 1. The topological polar surface area (TPSA) is 68.3 Å². The SMILES string of the molecule is OCC(Cc1c[nH]c2cccc(O)c12)NP. The number of phenols is 1. The number of aromatic amines is 1. The molecule has 16 heavy (non-hydrogen) atoms. The van der Waals surface area contributed by atoms with Crippen LogP contribution in [-0.2, 0) is 6.42 Å². The lowest BCUT2D eigenvalue weighted by Gasteiger charge is -2.11. The van der Waals surface area contributed by atoms with Crippen LogP contribution in [0.5, 0.6) is 5.75 Å². The first-order chi connectivity index (χ1) is 7.76. The van der Waals surface area contributed by atoms with Crippen LogP contribution >= 0.6 is 9.39 Å². The fourth-order valence-electron chi connectivity index (χ4n) is 1.84. The molecule has 4 nitrogen and oxygen atoms in total. The first-order valence-corrected chi connectivity index (χ1v) is 5.69. The second-order valence-corrected chi connectivity index (χ2v) is 4.10. The van der Waals surface area contributed by atoms with E-state index in [0.29, 0.717) is 6.42 Å². The summed E-state index contributed by atoms with van der Waals surface area (Å²) in [5, 5.41) is 22.7. The molecule has 2 rings (SSSR count). The van der Waals surface area contributed by atoms with E-state index in [0.717, 1.165) is 16.5 Å². The first-order valence-electron chi connectivity index (χ1n) is 5.11. The molecule has 0 bridgehead atoms. The van der Waals surface area contributed by atoms with Gasteiger partial charge < -0.3 is 15.2 Å². The van der Waals surface area contributed by atoms with Crippen LogP contribution in [0.1, 0.15) is 5.56 Å². The maximum absolute atomic E-state index is 9.79. The molecule has 0 aliphatic heterocycles. The molecule has 0 fully saturated rings. The highest BCUT2D eigenvalue weighted by Crippen LogP contribution is 2.28. The molecular formula is C11H15N2O2P. The van der Waals surface area contributed by atoms with E-state index in [1.807, 2.05) is 12.3 Å². The van der Waals surface area contributed by atoms with Crippen molar-refractivity contribution in [3.05, 3.63) is 30.0 Å². The molecule has 0 aliphatic rings. The molecule has 0 radical (unpaired) electrons. The van der Waals surface area contributed by atoms with E-state index < -0.39 is 0 Å². The van der Waals surface area contributed by atoms with E-state index >= 15 is 0 Å². The predicted octanol–water partition coefficient (Wildman–Crippen LogP) is 1.16. The normalized spacial score (nSPS) is 13.1. The summed E-state index contributed by atoms with van der Waals surface area (Å²) in [4.78, 5) is 3.11. The third-order valence-electron chi connectivity index (χ3n) is 2.69. The zero-order chi connectivity index (χ0) is 11.5. The van der Waals surface area contributed by atoms with Crippen molar-refractivity contribution < 1.29 is 10.2 Å². The van der Waals surface area contributed by atoms with Crippen LogP contribution in [0.15, 0.2) is 24.4 Å². The number of fused-ring (bicyclic) bond motifs is 1. The van der Waals surface area contributed by atoms with Gasteiger partial charge in [-0.3, -0.25) is 5.09 Å². The van der Waals surface area contributed by atoms with Crippen molar-refractivity contribution in [2.45, 2.75) is 12.5 Å². The molecule has 0 aliphatic carbocycles. The number of rotatable bonds is 4. The second-order valence-electron chi connectivity index (χ2n) is 3.76. The first kappa shape index (κ1) is 11.4. The van der Waals surface area contributed by atoms with Gasteiger partial charge in [-0.15, -0.1) is 0 Å². The van der Waals surface area contributed by atoms with Gasteiger partial charge in [-0.1, -0.05) is 15.5 Å². The molecule has 4 N–H and O–H groups in total. The van der Waals surface area contributed by atoms with E-state index in [2.05, 4.69) is 19.5 Å². The minimum Gasteiger partial charge on any atom is -0.507 e. The molecule has 0 saturated heterocycles. The Hall–Kier alpha value is -1.09. The lowest BCUT2D eigenvalue weighted by Crippen LogP contribution is -2.26. The molecule has 86 valence electrons. The number of hydrogen-bond donors (Lipinski definition) is 4. The molecule has 0 saturated carbocycles. The number of aliphatic hydroxyl groups is 1. The summed E-state index contributed by atoms with van der Waals surface area (Å²) in [7, 11) is 2.40. The number of aromatic nitrogens is 1. The van der Waals surface area contributed by atoms with Gasteiger partial charge in [-0.2, -0.15) is 0 Å². The van der Waals surface area contributed by atoms with E-state index in [1.54, 1.807) is 12.1 Å². The van der Waals surface area contributed by atoms with Crippen LogP contribution < -0.4 is 5.09 Å². The predicted molar refractivity (Wildman–Crippen MR) is 67.4 cm³/mol. The second kappa shape index (κ2) is 4.83. The fourth-order valence-corrected chi connectivity index (χ4v) is 2.06. The van der Waals surface area contributed by atoms with Crippen molar-refractivity contribution >= 4 is 20.3 Å². The maximum Gasteiger partial charge on any atom is 0.125 e. The summed E-state index contributed by atoms with van der Waals surface area (Å²) in [5.41, 5.74) is 1.91. The van der Waals surface area contributed by atoms with Crippen LogP contribution in [0, 0.1) is 0 Å². The van der Waals surface area contributed by atoms with Crippen molar-refractivity contribution in [2.75, 3.05) is 6.61 Å². The lowest BCUT2D eigenvalue weighted by atomic mass is 10.1. The summed E-state index contributed by atoms with van der Waals surface area (Å²) in [6.45, 7) is 0.0593. The summed E-state index contributed by atoms with van der Waals surface area (Å²) in [5.74, 6) is 0.272. The van der Waals surface area contributed by atoms with Gasteiger partial charge in [0.05, 0.1) is 6.61 Å². The Morgan fingerprint density at radius 2 is 2.25 bits per heavy atom. The number of nitrogens with one attached hydrogen (secondary N) is 2. The van der Waals surface area contributed by atoms with Crippen molar-refractivity contribution in [3.8, 4) is 5.75 Å². The Kier molecular flexibility index (Phi) is 3.44. The number of aliphatic hydroxyl groups excluding tert-OH is 1. The highest BCUT2D eigenvalue weighted by Gasteiger charge is 2.12. The molecule has 2 unspecified atom stereocenters. The molecule has 0 amide bonds. The third-order valence-corrected chi connectivity index (χ3v) is 3.16. The lowest BCUT2D eigenvalue weighted by molar-refractivity contribution is 0.258. The molecule has 1 aromatic heterocycles. The van der Waals surface area contributed by atoms with Gasteiger partial charge in [0.15, 0.2) is 0 Å². The van der Waals surface area contributed by atoms with Gasteiger partial charge in [-0.05, 0) is 24.1 Å². The maximum atomic E-state index is 9.79. The van der Waals surface area contributed by atoms with Crippen LogP contribution in [0.4, 0.5) is 0 Å². The highest BCUT2D eigenvalue weighted by atomic mass is 31.0. The number of hydrogen-bond acceptors (Lipinski definition) is 3. The third kappa shape index (κ3) is 2.05. The van der Waals surface area contributed by atoms with Gasteiger partial charge >= 0.3 is 0 Å². The largest absolute Gasteiger partial charge is 0.507 e. The van der Waals surface area contributed by atoms with E-state index in [-0.39, 0.29) is 18.4 Å². The summed E-state index contributed by atoms with van der Waals surface area (Å²) < 4.78 is 0. The number of benzene rings is 1.